The lowest BCUT2D eigenvalue weighted by molar-refractivity contribution is -0.208. The van der Waals surface area contributed by atoms with Gasteiger partial charge in [0.25, 0.3) is 0 Å². The minimum Gasteiger partial charge on any atom is -0.465 e. The van der Waals surface area contributed by atoms with E-state index in [1.807, 2.05) is 0 Å². The molecule has 0 spiro atoms. The van der Waals surface area contributed by atoms with Crippen LogP contribution in [0.1, 0.15) is 52.4 Å². The summed E-state index contributed by atoms with van der Waals surface area (Å²) in [5.74, 6) is 0.884. The number of carbonyl (C=O) groups is 2. The minimum absolute atomic E-state index is 0.0607. The standard InChI is InChI=1S/C15H22O4/c1-10(16)18-9-14-4-12-3-13(5-14)7-15(6-12,8-14)19-11(2)17/h12-13H,3-9H2,1-2H3. The van der Waals surface area contributed by atoms with Crippen molar-refractivity contribution in [3.8, 4) is 0 Å². The summed E-state index contributed by atoms with van der Waals surface area (Å²) in [4.78, 5) is 22.5. The molecule has 2 atom stereocenters. The Hall–Kier alpha value is -1.06. The fourth-order valence-corrected chi connectivity index (χ4v) is 5.21. The lowest BCUT2D eigenvalue weighted by Crippen LogP contribution is -2.58. The van der Waals surface area contributed by atoms with E-state index in [1.165, 1.54) is 20.3 Å². The molecule has 4 aliphatic carbocycles. The lowest BCUT2D eigenvalue weighted by Gasteiger charge is -2.60. The number of esters is 2. The minimum atomic E-state index is -0.268. The molecule has 0 radical (unpaired) electrons. The summed E-state index contributed by atoms with van der Waals surface area (Å²) in [5, 5.41) is 0. The predicted octanol–water partition coefficient (Wildman–Crippen LogP) is 2.45. The quantitative estimate of drug-likeness (QED) is 0.736. The van der Waals surface area contributed by atoms with Crippen molar-refractivity contribution in [2.75, 3.05) is 6.61 Å². The fraction of sp³-hybridized carbons (Fsp3) is 0.867. The molecule has 4 bridgehead atoms. The van der Waals surface area contributed by atoms with Gasteiger partial charge in [0, 0.05) is 19.3 Å². The molecule has 4 saturated carbocycles. The molecule has 0 aromatic rings. The first-order valence-electron chi connectivity index (χ1n) is 7.23. The van der Waals surface area contributed by atoms with Crippen LogP contribution in [-0.2, 0) is 19.1 Å². The van der Waals surface area contributed by atoms with Gasteiger partial charge in [-0.15, -0.1) is 0 Å². The molecule has 0 aliphatic heterocycles. The van der Waals surface area contributed by atoms with Crippen molar-refractivity contribution in [3.05, 3.63) is 0 Å². The van der Waals surface area contributed by atoms with Crippen molar-refractivity contribution >= 4 is 11.9 Å². The first-order chi connectivity index (χ1) is 8.90. The summed E-state index contributed by atoms with van der Waals surface area (Å²) in [6.45, 7) is 3.46. The van der Waals surface area contributed by atoms with Gasteiger partial charge in [-0.1, -0.05) is 0 Å². The molecule has 4 heteroatoms. The van der Waals surface area contributed by atoms with E-state index >= 15 is 0 Å². The number of hydrogen-bond donors (Lipinski definition) is 0. The van der Waals surface area contributed by atoms with E-state index < -0.39 is 0 Å². The van der Waals surface area contributed by atoms with E-state index in [-0.39, 0.29) is 23.0 Å². The van der Waals surface area contributed by atoms with Gasteiger partial charge in [-0.05, 0) is 50.4 Å². The molecule has 4 rings (SSSR count). The molecule has 0 aromatic heterocycles. The van der Waals surface area contributed by atoms with Crippen LogP contribution in [-0.4, -0.2) is 24.1 Å². The third kappa shape index (κ3) is 2.37. The summed E-state index contributed by atoms with van der Waals surface area (Å²) in [7, 11) is 0. The maximum Gasteiger partial charge on any atom is 0.303 e. The summed E-state index contributed by atoms with van der Waals surface area (Å²) in [6.07, 6.45) is 6.39. The fourth-order valence-electron chi connectivity index (χ4n) is 5.21. The van der Waals surface area contributed by atoms with Crippen LogP contribution in [0, 0.1) is 17.3 Å². The largest absolute Gasteiger partial charge is 0.465 e. The predicted molar refractivity (Wildman–Crippen MR) is 68.2 cm³/mol. The summed E-state index contributed by atoms with van der Waals surface area (Å²) in [5.41, 5.74) is -0.207. The molecule has 0 N–H and O–H groups in total. The molecule has 4 fully saturated rings. The zero-order valence-electron chi connectivity index (χ0n) is 11.7. The number of hydrogen-bond acceptors (Lipinski definition) is 4. The topological polar surface area (TPSA) is 52.6 Å². The Balaban J connectivity index is 1.80. The molecule has 106 valence electrons. The highest BCUT2D eigenvalue weighted by Gasteiger charge is 2.59. The van der Waals surface area contributed by atoms with Gasteiger partial charge in [-0.3, -0.25) is 9.59 Å². The highest BCUT2D eigenvalue weighted by molar-refractivity contribution is 5.67. The van der Waals surface area contributed by atoms with Crippen LogP contribution in [0.2, 0.25) is 0 Å². The van der Waals surface area contributed by atoms with Gasteiger partial charge in [0.2, 0.25) is 0 Å². The molecule has 4 nitrogen and oxygen atoms in total. The van der Waals surface area contributed by atoms with Gasteiger partial charge >= 0.3 is 11.9 Å². The van der Waals surface area contributed by atoms with Gasteiger partial charge in [0.05, 0.1) is 6.61 Å². The van der Waals surface area contributed by atoms with Gasteiger partial charge in [0.15, 0.2) is 0 Å². The van der Waals surface area contributed by atoms with Crippen molar-refractivity contribution in [2.24, 2.45) is 17.3 Å². The monoisotopic (exact) mass is 266 g/mol. The molecule has 0 amide bonds. The molecule has 0 heterocycles. The van der Waals surface area contributed by atoms with Gasteiger partial charge < -0.3 is 9.47 Å². The van der Waals surface area contributed by atoms with Crippen molar-refractivity contribution < 1.29 is 19.1 Å². The number of carbonyl (C=O) groups excluding carboxylic acids is 2. The highest BCUT2D eigenvalue weighted by atomic mass is 16.6. The molecular weight excluding hydrogens is 244 g/mol. The first-order valence-corrected chi connectivity index (χ1v) is 7.23. The second-order valence-corrected chi connectivity index (χ2v) is 7.02. The molecular formula is C15H22O4. The van der Waals surface area contributed by atoms with Crippen LogP contribution >= 0.6 is 0 Å². The SMILES string of the molecule is CC(=O)OCC12CC3CC(C1)CC(OC(C)=O)(C3)C2. The Morgan fingerprint density at radius 3 is 2.21 bits per heavy atom. The Bertz CT molecular complexity index is 400. The van der Waals surface area contributed by atoms with Crippen molar-refractivity contribution in [3.63, 3.8) is 0 Å². The van der Waals surface area contributed by atoms with Gasteiger partial charge in [-0.2, -0.15) is 0 Å². The van der Waals surface area contributed by atoms with Crippen LogP contribution in [0.25, 0.3) is 0 Å². The van der Waals surface area contributed by atoms with Crippen LogP contribution in [0.3, 0.4) is 0 Å². The first kappa shape index (κ1) is 12.9. The maximum atomic E-state index is 11.4. The van der Waals surface area contributed by atoms with E-state index in [1.54, 1.807) is 0 Å². The highest BCUT2D eigenvalue weighted by Crippen LogP contribution is 2.62. The van der Waals surface area contributed by atoms with Crippen molar-refractivity contribution in [1.29, 1.82) is 0 Å². The van der Waals surface area contributed by atoms with Gasteiger partial charge in [-0.25, -0.2) is 0 Å². The zero-order valence-corrected chi connectivity index (χ0v) is 11.7. The van der Waals surface area contributed by atoms with Crippen LogP contribution in [0.4, 0.5) is 0 Å². The molecule has 4 aliphatic rings. The summed E-state index contributed by atoms with van der Waals surface area (Å²) in [6, 6.07) is 0. The summed E-state index contributed by atoms with van der Waals surface area (Å²) < 4.78 is 11.0. The molecule has 2 unspecified atom stereocenters. The maximum absolute atomic E-state index is 11.4. The average Bonchev–Trinajstić information content (AvgIpc) is 2.22. The number of ether oxygens (including phenoxy) is 2. The second kappa shape index (κ2) is 4.22. The Morgan fingerprint density at radius 1 is 1.05 bits per heavy atom. The molecule has 19 heavy (non-hydrogen) atoms. The zero-order chi connectivity index (χ0) is 13.7. The molecule has 0 saturated heterocycles. The second-order valence-electron chi connectivity index (χ2n) is 7.02. The molecule has 0 aromatic carbocycles. The Kier molecular flexibility index (Phi) is 2.88. The summed E-state index contributed by atoms with van der Waals surface area (Å²) >= 11 is 0. The van der Waals surface area contributed by atoms with E-state index in [0.29, 0.717) is 18.4 Å². The average molecular weight is 266 g/mol. The van der Waals surface area contributed by atoms with Crippen LogP contribution in [0.5, 0.6) is 0 Å². The van der Waals surface area contributed by atoms with Crippen molar-refractivity contribution in [1.82, 2.24) is 0 Å². The lowest BCUT2D eigenvalue weighted by atomic mass is 9.48. The van der Waals surface area contributed by atoms with E-state index in [9.17, 15) is 9.59 Å². The normalized spacial score (nSPS) is 43.1. The Labute approximate surface area is 113 Å². The van der Waals surface area contributed by atoms with Crippen LogP contribution in [0.15, 0.2) is 0 Å². The van der Waals surface area contributed by atoms with Crippen molar-refractivity contribution in [2.45, 2.75) is 58.0 Å². The third-order valence-corrected chi connectivity index (χ3v) is 5.07. The smallest absolute Gasteiger partial charge is 0.303 e. The third-order valence-electron chi connectivity index (χ3n) is 5.07. The van der Waals surface area contributed by atoms with Crippen LogP contribution < -0.4 is 0 Å². The van der Waals surface area contributed by atoms with E-state index in [4.69, 9.17) is 9.47 Å². The Morgan fingerprint density at radius 2 is 1.68 bits per heavy atom. The van der Waals surface area contributed by atoms with E-state index in [2.05, 4.69) is 0 Å². The number of rotatable bonds is 3. The van der Waals surface area contributed by atoms with Gasteiger partial charge in [0.1, 0.15) is 5.60 Å². The van der Waals surface area contributed by atoms with E-state index in [0.717, 1.165) is 32.1 Å².